The monoisotopic (exact) mass is 371 g/mol. The zero-order chi connectivity index (χ0) is 18.1. The van der Waals surface area contributed by atoms with Crippen LogP contribution >= 0.6 is 11.3 Å². The van der Waals surface area contributed by atoms with Crippen molar-refractivity contribution in [3.8, 4) is 11.5 Å². The number of rotatable bonds is 5. The Morgan fingerprint density at radius 3 is 3.15 bits per heavy atom. The van der Waals surface area contributed by atoms with E-state index < -0.39 is 0 Å². The number of amides is 1. The molecule has 3 aromatic rings. The number of thiazole rings is 1. The minimum Gasteiger partial charge on any atom is -0.463 e. The van der Waals surface area contributed by atoms with Crippen LogP contribution in [0, 0.1) is 12.8 Å². The van der Waals surface area contributed by atoms with Crippen LogP contribution < -0.4 is 10.6 Å². The maximum atomic E-state index is 12.8. The lowest BCUT2D eigenvalue weighted by molar-refractivity contribution is 0.103. The van der Waals surface area contributed by atoms with E-state index in [9.17, 15) is 4.79 Å². The summed E-state index contributed by atoms with van der Waals surface area (Å²) >= 11 is 1.48. The van der Waals surface area contributed by atoms with Gasteiger partial charge in [0, 0.05) is 19.7 Å². The summed E-state index contributed by atoms with van der Waals surface area (Å²) in [5, 5.41) is 11.7. The zero-order valence-corrected chi connectivity index (χ0v) is 15.6. The number of hydrogen-bond donors (Lipinski definition) is 2. The van der Waals surface area contributed by atoms with E-state index in [2.05, 4.69) is 20.7 Å². The first-order valence-electron chi connectivity index (χ1n) is 8.66. The minimum absolute atomic E-state index is 0.156. The molecular weight excluding hydrogens is 350 g/mol. The van der Waals surface area contributed by atoms with Gasteiger partial charge in [-0.05, 0) is 44.5 Å². The molecule has 1 fully saturated rings. The second-order valence-corrected chi connectivity index (χ2v) is 7.67. The van der Waals surface area contributed by atoms with E-state index in [4.69, 9.17) is 4.42 Å². The van der Waals surface area contributed by atoms with Crippen molar-refractivity contribution >= 4 is 22.9 Å². The second kappa shape index (κ2) is 7.05. The third-order valence-corrected chi connectivity index (χ3v) is 5.68. The topological polar surface area (TPSA) is 85.0 Å². The van der Waals surface area contributed by atoms with Gasteiger partial charge in [0.05, 0.1) is 22.7 Å². The van der Waals surface area contributed by atoms with Crippen molar-refractivity contribution in [3.05, 3.63) is 40.2 Å². The molecule has 1 unspecified atom stereocenters. The van der Waals surface area contributed by atoms with Crippen molar-refractivity contribution < 1.29 is 9.21 Å². The van der Waals surface area contributed by atoms with E-state index in [1.165, 1.54) is 17.8 Å². The average Bonchev–Trinajstić information content (AvgIpc) is 3.36. The number of carbonyl (C=O) groups is 1. The summed E-state index contributed by atoms with van der Waals surface area (Å²) in [7, 11) is 1.81. The van der Waals surface area contributed by atoms with Crippen LogP contribution in [0.4, 0.5) is 5.69 Å². The molecule has 26 heavy (non-hydrogen) atoms. The number of nitrogens with one attached hydrogen (secondary N) is 2. The van der Waals surface area contributed by atoms with Gasteiger partial charge in [0.25, 0.3) is 5.91 Å². The highest BCUT2D eigenvalue weighted by Gasteiger charge is 2.22. The Morgan fingerprint density at radius 2 is 2.42 bits per heavy atom. The first kappa shape index (κ1) is 17.0. The lowest BCUT2D eigenvalue weighted by Gasteiger charge is -2.04. The standard InChI is InChI=1S/C18H21N5O2S/c1-11-17(26-15(20-11)8-12-5-6-19-9-12)18(24)21-13-10-23(2)22-16(13)14-4-3-7-25-14/h3-4,7,10,12,19H,5-6,8-9H2,1-2H3,(H,21,24). The van der Waals surface area contributed by atoms with E-state index in [-0.39, 0.29) is 5.91 Å². The van der Waals surface area contributed by atoms with Crippen LogP contribution in [0.2, 0.25) is 0 Å². The van der Waals surface area contributed by atoms with Crippen molar-refractivity contribution in [2.45, 2.75) is 19.8 Å². The molecule has 3 aromatic heterocycles. The molecule has 2 N–H and O–H groups in total. The van der Waals surface area contributed by atoms with Crippen LogP contribution in [0.1, 0.15) is 26.8 Å². The van der Waals surface area contributed by atoms with Crippen molar-refractivity contribution in [2.24, 2.45) is 13.0 Å². The number of nitrogens with zero attached hydrogens (tertiary/aromatic N) is 3. The van der Waals surface area contributed by atoms with Gasteiger partial charge in [-0.15, -0.1) is 11.3 Å². The number of aromatic nitrogens is 3. The molecule has 0 aliphatic carbocycles. The van der Waals surface area contributed by atoms with Crippen LogP contribution in [0.15, 0.2) is 29.0 Å². The van der Waals surface area contributed by atoms with Crippen LogP contribution in [-0.2, 0) is 13.5 Å². The molecule has 1 saturated heterocycles. The van der Waals surface area contributed by atoms with Gasteiger partial charge in [-0.2, -0.15) is 5.10 Å². The van der Waals surface area contributed by atoms with Gasteiger partial charge in [-0.25, -0.2) is 4.98 Å². The maximum Gasteiger partial charge on any atom is 0.267 e. The normalized spacial score (nSPS) is 16.9. The van der Waals surface area contributed by atoms with E-state index in [0.29, 0.717) is 27.9 Å². The molecule has 1 aliphatic rings. The molecular formula is C18H21N5O2S. The van der Waals surface area contributed by atoms with Crippen LogP contribution in [0.25, 0.3) is 11.5 Å². The van der Waals surface area contributed by atoms with E-state index in [1.807, 2.05) is 20.0 Å². The maximum absolute atomic E-state index is 12.8. The Balaban J connectivity index is 1.53. The molecule has 4 heterocycles. The Bertz CT molecular complexity index is 906. The number of furan rings is 1. The molecule has 1 aliphatic heterocycles. The van der Waals surface area contributed by atoms with Gasteiger partial charge in [0.15, 0.2) is 11.5 Å². The lowest BCUT2D eigenvalue weighted by Crippen LogP contribution is -2.11. The summed E-state index contributed by atoms with van der Waals surface area (Å²) in [6.07, 6.45) is 5.46. The molecule has 136 valence electrons. The molecule has 8 heteroatoms. The van der Waals surface area contributed by atoms with E-state index in [0.717, 1.165) is 30.2 Å². The molecule has 4 rings (SSSR count). The van der Waals surface area contributed by atoms with Crippen molar-refractivity contribution in [1.29, 1.82) is 0 Å². The summed E-state index contributed by atoms with van der Waals surface area (Å²) in [5.41, 5.74) is 2.02. The van der Waals surface area contributed by atoms with Gasteiger partial charge >= 0.3 is 0 Å². The van der Waals surface area contributed by atoms with Gasteiger partial charge in [0.1, 0.15) is 4.88 Å². The highest BCUT2D eigenvalue weighted by atomic mass is 32.1. The minimum atomic E-state index is -0.156. The quantitative estimate of drug-likeness (QED) is 0.720. The summed E-state index contributed by atoms with van der Waals surface area (Å²) < 4.78 is 7.08. The Labute approximate surface area is 155 Å². The molecule has 0 bridgehead atoms. The summed E-state index contributed by atoms with van der Waals surface area (Å²) in [6.45, 7) is 3.99. The smallest absolute Gasteiger partial charge is 0.267 e. The Hall–Kier alpha value is -2.45. The number of anilines is 1. The molecule has 7 nitrogen and oxygen atoms in total. The highest BCUT2D eigenvalue weighted by Crippen LogP contribution is 2.28. The van der Waals surface area contributed by atoms with Crippen LogP contribution in [0.5, 0.6) is 0 Å². The zero-order valence-electron chi connectivity index (χ0n) is 14.8. The van der Waals surface area contributed by atoms with Crippen molar-refractivity contribution in [2.75, 3.05) is 18.4 Å². The highest BCUT2D eigenvalue weighted by molar-refractivity contribution is 7.13. The van der Waals surface area contributed by atoms with Crippen LogP contribution in [0.3, 0.4) is 0 Å². The largest absolute Gasteiger partial charge is 0.463 e. The molecule has 1 amide bonds. The van der Waals surface area contributed by atoms with Crippen molar-refractivity contribution in [1.82, 2.24) is 20.1 Å². The molecule has 0 aromatic carbocycles. The number of carbonyl (C=O) groups excluding carboxylic acids is 1. The first-order valence-corrected chi connectivity index (χ1v) is 9.47. The van der Waals surface area contributed by atoms with E-state index >= 15 is 0 Å². The van der Waals surface area contributed by atoms with Gasteiger partial charge in [0.2, 0.25) is 0 Å². The number of aryl methyl sites for hydroxylation is 2. The summed E-state index contributed by atoms with van der Waals surface area (Å²) in [6, 6.07) is 3.62. The van der Waals surface area contributed by atoms with Gasteiger partial charge in [-0.1, -0.05) is 0 Å². The summed E-state index contributed by atoms with van der Waals surface area (Å²) in [4.78, 5) is 18.1. The molecule has 1 atom stereocenters. The SMILES string of the molecule is Cc1nc(CC2CCNC2)sc1C(=O)Nc1cn(C)nc1-c1ccco1. The second-order valence-electron chi connectivity index (χ2n) is 6.58. The predicted octanol–water partition coefficient (Wildman–Crippen LogP) is 2.85. The average molecular weight is 371 g/mol. The lowest BCUT2D eigenvalue weighted by atomic mass is 10.1. The van der Waals surface area contributed by atoms with Gasteiger partial charge < -0.3 is 15.1 Å². The number of hydrogen-bond acceptors (Lipinski definition) is 6. The third-order valence-electron chi connectivity index (χ3n) is 4.50. The predicted molar refractivity (Wildman–Crippen MR) is 100 cm³/mol. The Kier molecular flexibility index (Phi) is 4.60. The fourth-order valence-corrected chi connectivity index (χ4v) is 4.31. The summed E-state index contributed by atoms with van der Waals surface area (Å²) in [5.74, 6) is 1.08. The molecule has 0 saturated carbocycles. The van der Waals surface area contributed by atoms with Crippen LogP contribution in [-0.4, -0.2) is 33.8 Å². The van der Waals surface area contributed by atoms with E-state index in [1.54, 1.807) is 23.2 Å². The third kappa shape index (κ3) is 3.42. The fourth-order valence-electron chi connectivity index (χ4n) is 3.24. The van der Waals surface area contributed by atoms with Crippen molar-refractivity contribution in [3.63, 3.8) is 0 Å². The first-order chi connectivity index (χ1) is 12.6. The fraction of sp³-hybridized carbons (Fsp3) is 0.389. The molecule has 0 spiro atoms. The Morgan fingerprint density at radius 1 is 1.54 bits per heavy atom. The van der Waals surface area contributed by atoms with Gasteiger partial charge in [-0.3, -0.25) is 9.48 Å². The molecule has 0 radical (unpaired) electrons.